The van der Waals surface area contributed by atoms with Crippen LogP contribution in [0.4, 0.5) is 5.69 Å². The van der Waals surface area contributed by atoms with E-state index in [1.807, 2.05) is 51.1 Å². The molecule has 0 aliphatic rings. The standard InChI is InChI=1S/C29H32Cl3N3O4S/c1-29(2,3)33-28(37)26(17-20-10-6-5-7-11-20)34(18-21-14-15-22(30)24(32)16-21)27(36)19-35(40(4,38)39)25-13-9-8-12-23(25)31/h5-16,26H,17-19H2,1-4H3,(H,33,37)/t26-/m1/s1. The van der Waals surface area contributed by atoms with Gasteiger partial charge in [-0.05, 0) is 56.2 Å². The van der Waals surface area contributed by atoms with Crippen molar-refractivity contribution in [3.63, 3.8) is 0 Å². The number of nitrogens with zero attached hydrogens (tertiary/aromatic N) is 2. The van der Waals surface area contributed by atoms with Crippen LogP contribution in [0.2, 0.25) is 15.1 Å². The highest BCUT2D eigenvalue weighted by molar-refractivity contribution is 7.92. The van der Waals surface area contributed by atoms with Gasteiger partial charge in [0.2, 0.25) is 21.8 Å². The van der Waals surface area contributed by atoms with Crippen LogP contribution in [0, 0.1) is 0 Å². The summed E-state index contributed by atoms with van der Waals surface area (Å²) in [5, 5.41) is 3.78. The van der Waals surface area contributed by atoms with E-state index in [2.05, 4.69) is 5.32 Å². The Balaban J connectivity index is 2.10. The summed E-state index contributed by atoms with van der Waals surface area (Å²) >= 11 is 18.7. The van der Waals surface area contributed by atoms with E-state index in [1.165, 1.54) is 11.0 Å². The van der Waals surface area contributed by atoms with Crippen molar-refractivity contribution in [2.24, 2.45) is 0 Å². The smallest absolute Gasteiger partial charge is 0.244 e. The minimum atomic E-state index is -3.93. The van der Waals surface area contributed by atoms with Crippen LogP contribution < -0.4 is 9.62 Å². The van der Waals surface area contributed by atoms with Crippen molar-refractivity contribution in [2.75, 3.05) is 17.1 Å². The number of para-hydroxylation sites is 1. The fourth-order valence-corrected chi connectivity index (χ4v) is 5.56. The summed E-state index contributed by atoms with van der Waals surface area (Å²) in [7, 11) is -3.93. The summed E-state index contributed by atoms with van der Waals surface area (Å²) in [6.45, 7) is 4.94. The third kappa shape index (κ3) is 8.86. The molecule has 0 aliphatic heterocycles. The van der Waals surface area contributed by atoms with Gasteiger partial charge in [-0.2, -0.15) is 0 Å². The fraction of sp³-hybridized carbons (Fsp3) is 0.310. The lowest BCUT2D eigenvalue weighted by atomic mass is 10.0. The number of rotatable bonds is 10. The Morgan fingerprint density at radius 2 is 1.48 bits per heavy atom. The van der Waals surface area contributed by atoms with Crippen molar-refractivity contribution < 1.29 is 18.0 Å². The third-order valence-corrected chi connectivity index (χ3v) is 8.09. The van der Waals surface area contributed by atoms with E-state index in [1.54, 1.807) is 36.4 Å². The van der Waals surface area contributed by atoms with Gasteiger partial charge in [0.1, 0.15) is 12.6 Å². The molecular formula is C29H32Cl3N3O4S. The average Bonchev–Trinajstić information content (AvgIpc) is 2.86. The lowest BCUT2D eigenvalue weighted by Gasteiger charge is -2.35. The first-order valence-corrected chi connectivity index (χ1v) is 15.5. The summed E-state index contributed by atoms with van der Waals surface area (Å²) in [6.07, 6.45) is 1.20. The Hall–Kier alpha value is -2.78. The Morgan fingerprint density at radius 3 is 2.05 bits per heavy atom. The summed E-state index contributed by atoms with van der Waals surface area (Å²) in [5.74, 6) is -0.977. The molecule has 0 unspecified atom stereocenters. The molecule has 7 nitrogen and oxygen atoms in total. The molecule has 0 saturated heterocycles. The van der Waals surface area contributed by atoms with Gasteiger partial charge in [-0.25, -0.2) is 8.42 Å². The van der Waals surface area contributed by atoms with Gasteiger partial charge in [-0.1, -0.05) is 83.3 Å². The van der Waals surface area contributed by atoms with Crippen LogP contribution in [-0.2, 0) is 32.6 Å². The van der Waals surface area contributed by atoms with Gasteiger partial charge in [-0.3, -0.25) is 13.9 Å². The molecule has 0 saturated carbocycles. The molecule has 0 aliphatic carbocycles. The molecule has 0 heterocycles. The van der Waals surface area contributed by atoms with Crippen LogP contribution in [0.5, 0.6) is 0 Å². The predicted molar refractivity (Wildman–Crippen MR) is 162 cm³/mol. The number of carbonyl (C=O) groups is 2. The molecule has 0 aromatic heterocycles. The number of benzene rings is 3. The maximum atomic E-state index is 14.1. The number of sulfonamides is 1. The van der Waals surface area contributed by atoms with Crippen LogP contribution in [0.3, 0.4) is 0 Å². The van der Waals surface area contributed by atoms with Crippen LogP contribution >= 0.6 is 34.8 Å². The highest BCUT2D eigenvalue weighted by Crippen LogP contribution is 2.28. The van der Waals surface area contributed by atoms with Crippen LogP contribution in [0.15, 0.2) is 72.8 Å². The monoisotopic (exact) mass is 623 g/mol. The minimum absolute atomic E-state index is 0.0229. The van der Waals surface area contributed by atoms with Gasteiger partial charge in [0.15, 0.2) is 0 Å². The summed E-state index contributed by atoms with van der Waals surface area (Å²) < 4.78 is 26.6. The molecule has 11 heteroatoms. The highest BCUT2D eigenvalue weighted by Gasteiger charge is 2.34. The predicted octanol–water partition coefficient (Wildman–Crippen LogP) is 5.97. The first kappa shape index (κ1) is 31.7. The number of halogens is 3. The average molecular weight is 625 g/mol. The first-order valence-electron chi connectivity index (χ1n) is 12.5. The zero-order valence-corrected chi connectivity index (χ0v) is 25.8. The van der Waals surface area contributed by atoms with Gasteiger partial charge in [0.05, 0.1) is 27.0 Å². The Kier molecular flexibility index (Phi) is 10.5. The number of nitrogens with one attached hydrogen (secondary N) is 1. The van der Waals surface area contributed by atoms with Crippen LogP contribution in [0.1, 0.15) is 31.9 Å². The Morgan fingerprint density at radius 1 is 0.850 bits per heavy atom. The lowest BCUT2D eigenvalue weighted by molar-refractivity contribution is -0.140. The van der Waals surface area contributed by atoms with Gasteiger partial charge in [0, 0.05) is 18.5 Å². The normalized spacial score (nSPS) is 12.5. The van der Waals surface area contributed by atoms with E-state index in [0.29, 0.717) is 15.6 Å². The van der Waals surface area contributed by atoms with Crippen molar-refractivity contribution in [3.8, 4) is 0 Å². The van der Waals surface area contributed by atoms with E-state index in [0.717, 1.165) is 16.1 Å². The first-order chi connectivity index (χ1) is 18.7. The topological polar surface area (TPSA) is 86.8 Å². The number of hydrogen-bond acceptors (Lipinski definition) is 4. The van der Waals surface area contributed by atoms with E-state index in [4.69, 9.17) is 34.8 Å². The summed E-state index contributed by atoms with van der Waals surface area (Å²) in [5.41, 5.74) is 1.02. The van der Waals surface area contributed by atoms with E-state index in [-0.39, 0.29) is 29.6 Å². The second kappa shape index (κ2) is 13.3. The molecule has 0 spiro atoms. The van der Waals surface area contributed by atoms with Crippen LogP contribution in [-0.4, -0.2) is 49.5 Å². The molecule has 3 aromatic rings. The van der Waals surface area contributed by atoms with Crippen LogP contribution in [0.25, 0.3) is 0 Å². The Bertz CT molecular complexity index is 1460. The lowest BCUT2D eigenvalue weighted by Crippen LogP contribution is -2.56. The molecule has 214 valence electrons. The van der Waals surface area contributed by atoms with E-state index >= 15 is 0 Å². The molecule has 3 aromatic carbocycles. The summed E-state index contributed by atoms with van der Waals surface area (Å²) in [4.78, 5) is 29.2. The fourth-order valence-electron chi connectivity index (χ4n) is 4.09. The molecule has 1 atom stereocenters. The molecule has 2 amide bonds. The SMILES string of the molecule is CC(C)(C)NC(=O)[C@@H](Cc1ccccc1)N(Cc1ccc(Cl)c(Cl)c1)C(=O)CN(c1ccccc1Cl)S(C)(=O)=O. The molecule has 40 heavy (non-hydrogen) atoms. The van der Waals surface area contributed by atoms with Gasteiger partial charge in [0.25, 0.3) is 0 Å². The Labute approximate surface area is 251 Å². The maximum Gasteiger partial charge on any atom is 0.244 e. The molecule has 0 fully saturated rings. The van der Waals surface area contributed by atoms with Crippen molar-refractivity contribution in [1.29, 1.82) is 0 Å². The number of carbonyl (C=O) groups excluding carboxylic acids is 2. The molecular weight excluding hydrogens is 593 g/mol. The largest absolute Gasteiger partial charge is 0.350 e. The summed E-state index contributed by atoms with van der Waals surface area (Å²) in [6, 6.07) is 19.6. The van der Waals surface area contributed by atoms with Crippen molar-refractivity contribution in [2.45, 2.75) is 45.3 Å². The van der Waals surface area contributed by atoms with Gasteiger partial charge >= 0.3 is 0 Å². The zero-order valence-electron chi connectivity index (χ0n) is 22.7. The second-order valence-corrected chi connectivity index (χ2v) is 13.6. The number of hydrogen-bond donors (Lipinski definition) is 1. The second-order valence-electron chi connectivity index (χ2n) is 10.4. The quantitative estimate of drug-likeness (QED) is 0.301. The van der Waals surface area contributed by atoms with E-state index in [9.17, 15) is 18.0 Å². The van der Waals surface area contributed by atoms with Gasteiger partial charge < -0.3 is 10.2 Å². The molecule has 0 radical (unpaired) electrons. The van der Waals surface area contributed by atoms with E-state index < -0.39 is 34.1 Å². The molecule has 0 bridgehead atoms. The highest BCUT2D eigenvalue weighted by atomic mass is 35.5. The van der Waals surface area contributed by atoms with Crippen molar-refractivity contribution >= 4 is 62.3 Å². The third-order valence-electron chi connectivity index (χ3n) is 5.91. The molecule has 3 rings (SSSR count). The van der Waals surface area contributed by atoms with Gasteiger partial charge in [-0.15, -0.1) is 0 Å². The minimum Gasteiger partial charge on any atom is -0.350 e. The number of anilines is 1. The maximum absolute atomic E-state index is 14.1. The number of amides is 2. The van der Waals surface area contributed by atoms with Crippen molar-refractivity contribution in [3.05, 3.63) is 99.0 Å². The zero-order chi connectivity index (χ0) is 29.7. The van der Waals surface area contributed by atoms with Crippen molar-refractivity contribution in [1.82, 2.24) is 10.2 Å². The molecule has 1 N–H and O–H groups in total.